The van der Waals surface area contributed by atoms with Gasteiger partial charge in [0.2, 0.25) is 0 Å². The topological polar surface area (TPSA) is 37.3 Å². The third kappa shape index (κ3) is 3.58. The third-order valence-corrected chi connectivity index (χ3v) is 11.0. The summed E-state index contributed by atoms with van der Waals surface area (Å²) in [7, 11) is 0. The maximum Gasteiger partial charge on any atom is 0.159 e. The van der Waals surface area contributed by atoms with Crippen molar-refractivity contribution in [2.75, 3.05) is 0 Å². The van der Waals surface area contributed by atoms with Gasteiger partial charge in [-0.3, -0.25) is 4.79 Å². The molecule has 1 N–H and O–H groups in total. The third-order valence-electron chi connectivity index (χ3n) is 11.0. The van der Waals surface area contributed by atoms with Crippen LogP contribution in [0.25, 0.3) is 0 Å². The second-order valence-electron chi connectivity index (χ2n) is 13.4. The molecule has 8 atom stereocenters. The lowest BCUT2D eigenvalue weighted by molar-refractivity contribution is -0.137. The number of aliphatic hydroxyl groups is 1. The second kappa shape index (κ2) is 8.00. The highest BCUT2D eigenvalue weighted by molar-refractivity contribution is 5.95. The summed E-state index contributed by atoms with van der Waals surface area (Å²) < 4.78 is 0. The van der Waals surface area contributed by atoms with E-state index in [9.17, 15) is 9.90 Å². The molecule has 0 heterocycles. The summed E-state index contributed by atoms with van der Waals surface area (Å²) in [6, 6.07) is 0. The number of aliphatic hydroxyl groups excluding tert-OH is 1. The number of carbonyl (C=O) groups excluding carboxylic acids is 1. The van der Waals surface area contributed by atoms with E-state index in [0.29, 0.717) is 23.0 Å². The fraction of sp³-hybridized carbons (Fsp3) is 0.897. The summed E-state index contributed by atoms with van der Waals surface area (Å²) in [6.07, 6.45) is 12.7. The number of hydrogen-bond donors (Lipinski definition) is 1. The fourth-order valence-corrected chi connectivity index (χ4v) is 9.10. The molecule has 0 amide bonds. The average Bonchev–Trinajstić information content (AvgIpc) is 3.04. The largest absolute Gasteiger partial charge is 0.392 e. The highest BCUT2D eigenvalue weighted by Gasteiger charge is 2.63. The molecule has 0 radical (unpaired) electrons. The first kappa shape index (κ1) is 23.5. The van der Waals surface area contributed by atoms with Crippen LogP contribution < -0.4 is 0 Å². The number of allylic oxidation sites excluding steroid dienone is 1. The van der Waals surface area contributed by atoms with E-state index in [4.69, 9.17) is 0 Å². The molecule has 3 saturated carbocycles. The van der Waals surface area contributed by atoms with Gasteiger partial charge in [-0.25, -0.2) is 0 Å². The van der Waals surface area contributed by atoms with Crippen LogP contribution >= 0.6 is 0 Å². The Kier molecular flexibility index (Phi) is 6.07. The van der Waals surface area contributed by atoms with Crippen LogP contribution in [0.15, 0.2) is 11.6 Å². The lowest BCUT2D eigenvalue weighted by atomic mass is 9.44. The Balaban J connectivity index is 1.59. The first-order chi connectivity index (χ1) is 14.4. The van der Waals surface area contributed by atoms with Gasteiger partial charge in [0.1, 0.15) is 0 Å². The van der Waals surface area contributed by atoms with Gasteiger partial charge in [0.25, 0.3) is 0 Å². The molecule has 176 valence electrons. The predicted octanol–water partition coefficient (Wildman–Crippen LogP) is 7.20. The highest BCUT2D eigenvalue weighted by atomic mass is 16.3. The van der Waals surface area contributed by atoms with Crippen molar-refractivity contribution in [3.8, 4) is 0 Å². The number of hydrogen-bond acceptors (Lipinski definition) is 2. The molecule has 0 bridgehead atoms. The molecule has 31 heavy (non-hydrogen) atoms. The molecule has 1 unspecified atom stereocenters. The number of carbonyl (C=O) groups is 1. The molecule has 0 aromatic heterocycles. The Morgan fingerprint density at radius 2 is 1.68 bits per heavy atom. The summed E-state index contributed by atoms with van der Waals surface area (Å²) in [5, 5.41) is 10.7. The van der Waals surface area contributed by atoms with Crippen LogP contribution in [0.2, 0.25) is 0 Å². The van der Waals surface area contributed by atoms with Crippen LogP contribution in [0.1, 0.15) is 106 Å². The molecular formula is C29H48O2. The van der Waals surface area contributed by atoms with Gasteiger partial charge in [0.05, 0.1) is 6.10 Å². The lowest BCUT2D eigenvalue weighted by Gasteiger charge is -2.60. The van der Waals surface area contributed by atoms with Crippen molar-refractivity contribution in [1.29, 1.82) is 0 Å². The van der Waals surface area contributed by atoms with Crippen LogP contribution in [-0.4, -0.2) is 17.0 Å². The fourth-order valence-electron chi connectivity index (χ4n) is 9.10. The molecule has 3 fully saturated rings. The quantitative estimate of drug-likeness (QED) is 0.502. The first-order valence-electron chi connectivity index (χ1n) is 13.4. The smallest absolute Gasteiger partial charge is 0.159 e. The summed E-state index contributed by atoms with van der Waals surface area (Å²) in [5.41, 5.74) is 1.39. The van der Waals surface area contributed by atoms with E-state index in [0.717, 1.165) is 30.6 Å². The molecule has 0 aliphatic heterocycles. The Morgan fingerprint density at radius 1 is 0.968 bits per heavy atom. The SMILES string of the molecule is CC(C)CCCC(C)[C@H]1CC[C@H]2[C@@H]3C(=O)C=C4C(C)(C)[C@H](O)CC[C@]4(C)[C@H]3CC[C@]12C. The normalized spacial score (nSPS) is 45.0. The second-order valence-corrected chi connectivity index (χ2v) is 13.4. The molecule has 2 heteroatoms. The zero-order chi connectivity index (χ0) is 22.8. The number of rotatable bonds is 5. The van der Waals surface area contributed by atoms with Gasteiger partial charge in [-0.05, 0) is 85.0 Å². The summed E-state index contributed by atoms with van der Waals surface area (Å²) in [5.74, 6) is 3.99. The van der Waals surface area contributed by atoms with Crippen LogP contribution in [0.3, 0.4) is 0 Å². The standard InChI is InChI=1S/C29H48O2/c1-18(2)9-8-10-19(3)20-11-12-21-26-22(13-15-28(20,21)6)29(7)16-14-25(31)27(4,5)24(29)17-23(26)30/h17-22,25-26,31H,8-16H2,1-7H3/t19?,20-,21+,22+,25-,26+,28-,29-/m1/s1. The molecule has 0 aromatic rings. The molecule has 0 aromatic carbocycles. The molecule has 0 saturated heterocycles. The Labute approximate surface area is 191 Å². The first-order valence-corrected chi connectivity index (χ1v) is 13.4. The van der Waals surface area contributed by atoms with Crippen molar-refractivity contribution in [1.82, 2.24) is 0 Å². The van der Waals surface area contributed by atoms with Gasteiger partial charge >= 0.3 is 0 Å². The van der Waals surface area contributed by atoms with Crippen LogP contribution in [0.5, 0.6) is 0 Å². The number of ketones is 1. The Bertz CT molecular complexity index is 733. The zero-order valence-corrected chi connectivity index (χ0v) is 21.3. The average molecular weight is 429 g/mol. The maximum absolute atomic E-state index is 13.7. The van der Waals surface area contributed by atoms with Crippen molar-refractivity contribution in [3.05, 3.63) is 11.6 Å². The van der Waals surface area contributed by atoms with Gasteiger partial charge in [0.15, 0.2) is 5.78 Å². The molecule has 4 rings (SSSR count). The summed E-state index contributed by atoms with van der Waals surface area (Å²) in [6.45, 7) is 16.5. The molecule has 4 aliphatic carbocycles. The van der Waals surface area contributed by atoms with E-state index in [2.05, 4.69) is 48.5 Å². The van der Waals surface area contributed by atoms with Crippen molar-refractivity contribution >= 4 is 5.78 Å². The minimum atomic E-state index is -0.326. The molecule has 2 nitrogen and oxygen atoms in total. The van der Waals surface area contributed by atoms with Crippen LogP contribution in [0.4, 0.5) is 0 Å². The molecule has 0 spiro atoms. The Hall–Kier alpha value is -0.630. The predicted molar refractivity (Wildman–Crippen MR) is 129 cm³/mol. The van der Waals surface area contributed by atoms with Crippen molar-refractivity contribution < 1.29 is 9.90 Å². The van der Waals surface area contributed by atoms with E-state index < -0.39 is 0 Å². The molecule has 4 aliphatic rings. The van der Waals surface area contributed by atoms with Crippen LogP contribution in [0, 0.1) is 51.8 Å². The Morgan fingerprint density at radius 3 is 2.35 bits per heavy atom. The van der Waals surface area contributed by atoms with Crippen molar-refractivity contribution in [3.63, 3.8) is 0 Å². The van der Waals surface area contributed by atoms with Gasteiger partial charge in [-0.1, -0.05) is 73.3 Å². The van der Waals surface area contributed by atoms with E-state index >= 15 is 0 Å². The van der Waals surface area contributed by atoms with Gasteiger partial charge in [-0.15, -0.1) is 0 Å². The number of fused-ring (bicyclic) bond motifs is 5. The van der Waals surface area contributed by atoms with Crippen molar-refractivity contribution in [2.45, 2.75) is 112 Å². The van der Waals surface area contributed by atoms with Gasteiger partial charge in [-0.2, -0.15) is 0 Å². The highest BCUT2D eigenvalue weighted by Crippen LogP contribution is 2.68. The lowest BCUT2D eigenvalue weighted by Crippen LogP contribution is -2.57. The van der Waals surface area contributed by atoms with E-state index in [1.165, 1.54) is 50.5 Å². The van der Waals surface area contributed by atoms with Gasteiger partial charge in [0, 0.05) is 11.3 Å². The summed E-state index contributed by atoms with van der Waals surface area (Å²) >= 11 is 0. The summed E-state index contributed by atoms with van der Waals surface area (Å²) in [4.78, 5) is 13.7. The van der Waals surface area contributed by atoms with Crippen LogP contribution in [-0.2, 0) is 4.79 Å². The minimum absolute atomic E-state index is 0.0869. The zero-order valence-electron chi connectivity index (χ0n) is 21.3. The van der Waals surface area contributed by atoms with Gasteiger partial charge < -0.3 is 5.11 Å². The van der Waals surface area contributed by atoms with E-state index in [1.54, 1.807) is 0 Å². The monoisotopic (exact) mass is 428 g/mol. The minimum Gasteiger partial charge on any atom is -0.392 e. The van der Waals surface area contributed by atoms with E-state index in [-0.39, 0.29) is 22.9 Å². The van der Waals surface area contributed by atoms with E-state index in [1.807, 2.05) is 6.08 Å². The van der Waals surface area contributed by atoms with Crippen molar-refractivity contribution in [2.24, 2.45) is 51.8 Å². The maximum atomic E-state index is 13.7. The molecular weight excluding hydrogens is 380 g/mol.